The number of aryl methyl sites for hydroxylation is 1. The van der Waals surface area contributed by atoms with Crippen LogP contribution in [0.4, 0.5) is 0 Å². The van der Waals surface area contributed by atoms with E-state index in [1.54, 1.807) is 6.92 Å². The van der Waals surface area contributed by atoms with Gasteiger partial charge in [-0.2, -0.15) is 0 Å². The van der Waals surface area contributed by atoms with Crippen LogP contribution >= 0.6 is 0 Å². The minimum absolute atomic E-state index is 0.128. The first-order chi connectivity index (χ1) is 7.88. The second-order valence-corrected chi connectivity index (χ2v) is 5.12. The van der Waals surface area contributed by atoms with Crippen LogP contribution < -0.4 is 9.83 Å². The number of aliphatic hydroxyl groups excluding tert-OH is 1. The zero-order chi connectivity index (χ0) is 13.1. The van der Waals surface area contributed by atoms with Crippen LogP contribution in [-0.2, 0) is 10.0 Å². The minimum Gasteiger partial charge on any atom is -0.545 e. The predicted octanol–water partition coefficient (Wildman–Crippen LogP) is -1.37. The lowest BCUT2D eigenvalue weighted by molar-refractivity contribution is -0.255. The highest BCUT2D eigenvalue weighted by atomic mass is 32.2. The molecule has 0 fully saturated rings. The molecular weight excluding hydrogens is 246 g/mol. The van der Waals surface area contributed by atoms with Gasteiger partial charge in [0.15, 0.2) is 0 Å². The molecule has 1 aromatic carbocycles. The van der Waals surface area contributed by atoms with Gasteiger partial charge >= 0.3 is 0 Å². The fourth-order valence-corrected chi connectivity index (χ4v) is 2.56. The molecular formula is C10H12NO5S-. The van der Waals surface area contributed by atoms with Crippen molar-refractivity contribution >= 4 is 16.0 Å². The van der Waals surface area contributed by atoms with Crippen molar-refractivity contribution in [1.82, 2.24) is 4.72 Å². The van der Waals surface area contributed by atoms with Crippen LogP contribution in [0.15, 0.2) is 23.1 Å². The van der Waals surface area contributed by atoms with E-state index < -0.39 is 16.0 Å². The van der Waals surface area contributed by atoms with Gasteiger partial charge in [-0.3, -0.25) is 0 Å². The van der Waals surface area contributed by atoms with Gasteiger partial charge in [-0.15, -0.1) is 0 Å². The molecule has 0 bridgehead atoms. The maximum absolute atomic E-state index is 11.8. The Bertz CT molecular complexity index is 523. The minimum atomic E-state index is -3.81. The lowest BCUT2D eigenvalue weighted by Gasteiger charge is -2.10. The molecule has 17 heavy (non-hydrogen) atoms. The zero-order valence-electron chi connectivity index (χ0n) is 9.13. The van der Waals surface area contributed by atoms with E-state index in [-0.39, 0.29) is 23.6 Å². The molecule has 0 saturated carbocycles. The molecule has 0 spiro atoms. The molecule has 6 nitrogen and oxygen atoms in total. The van der Waals surface area contributed by atoms with E-state index in [9.17, 15) is 18.3 Å². The average Bonchev–Trinajstić information content (AvgIpc) is 2.26. The summed E-state index contributed by atoms with van der Waals surface area (Å²) in [6, 6.07) is 3.69. The number of carbonyl (C=O) groups excluding carboxylic acids is 1. The van der Waals surface area contributed by atoms with Gasteiger partial charge in [-0.05, 0) is 24.1 Å². The molecule has 94 valence electrons. The monoisotopic (exact) mass is 258 g/mol. The van der Waals surface area contributed by atoms with Crippen molar-refractivity contribution < 1.29 is 23.4 Å². The number of carboxylic acids is 1. The second kappa shape index (κ2) is 5.26. The van der Waals surface area contributed by atoms with Gasteiger partial charge in [-0.25, -0.2) is 13.1 Å². The number of rotatable bonds is 5. The standard InChI is InChI=1S/C10H13NO5S/c1-7-2-3-8(10(13)14)6-9(7)17(15,16)11-4-5-12/h2-3,6,11-12H,4-5H2,1H3,(H,13,14)/p-1. The number of benzene rings is 1. The van der Waals surface area contributed by atoms with Crippen molar-refractivity contribution in [2.24, 2.45) is 0 Å². The molecule has 2 N–H and O–H groups in total. The number of nitrogens with one attached hydrogen (secondary N) is 1. The van der Waals surface area contributed by atoms with Crippen LogP contribution in [0.1, 0.15) is 15.9 Å². The molecule has 0 aliphatic rings. The SMILES string of the molecule is Cc1ccc(C(=O)[O-])cc1S(=O)(=O)NCCO. The van der Waals surface area contributed by atoms with E-state index in [4.69, 9.17) is 5.11 Å². The summed E-state index contributed by atoms with van der Waals surface area (Å²) >= 11 is 0. The van der Waals surface area contributed by atoms with Gasteiger partial charge < -0.3 is 15.0 Å². The number of hydrogen-bond donors (Lipinski definition) is 2. The Morgan fingerprint density at radius 1 is 1.47 bits per heavy atom. The summed E-state index contributed by atoms with van der Waals surface area (Å²) in [6.45, 7) is 1.09. The Hall–Kier alpha value is -1.44. The predicted molar refractivity (Wildman–Crippen MR) is 57.8 cm³/mol. The Balaban J connectivity index is 3.20. The highest BCUT2D eigenvalue weighted by Gasteiger charge is 2.16. The van der Waals surface area contributed by atoms with Gasteiger partial charge in [0, 0.05) is 6.54 Å². The Morgan fingerprint density at radius 2 is 2.12 bits per heavy atom. The van der Waals surface area contributed by atoms with Crippen molar-refractivity contribution in [1.29, 1.82) is 0 Å². The van der Waals surface area contributed by atoms with Gasteiger partial charge in [-0.1, -0.05) is 12.1 Å². The molecule has 0 amide bonds. The maximum atomic E-state index is 11.8. The van der Waals surface area contributed by atoms with Crippen LogP contribution in [0.5, 0.6) is 0 Å². The van der Waals surface area contributed by atoms with E-state index in [0.29, 0.717) is 5.56 Å². The number of aliphatic hydroxyl groups is 1. The van der Waals surface area contributed by atoms with Crippen LogP contribution in [0.25, 0.3) is 0 Å². The fourth-order valence-electron chi connectivity index (χ4n) is 1.27. The highest BCUT2D eigenvalue weighted by molar-refractivity contribution is 7.89. The summed E-state index contributed by atoms with van der Waals surface area (Å²) in [5.41, 5.74) is 0.209. The molecule has 0 atom stereocenters. The summed E-state index contributed by atoms with van der Waals surface area (Å²) in [4.78, 5) is 10.5. The van der Waals surface area contributed by atoms with Crippen molar-refractivity contribution in [3.63, 3.8) is 0 Å². The third-order valence-electron chi connectivity index (χ3n) is 2.12. The van der Waals surface area contributed by atoms with Crippen molar-refractivity contribution in [2.45, 2.75) is 11.8 Å². The molecule has 7 heteroatoms. The topological polar surface area (TPSA) is 107 Å². The summed E-state index contributed by atoms with van der Waals surface area (Å²) in [6.07, 6.45) is 0. The summed E-state index contributed by atoms with van der Waals surface area (Å²) in [5, 5.41) is 19.2. The number of carbonyl (C=O) groups is 1. The fraction of sp³-hybridized carbons (Fsp3) is 0.300. The Labute approximate surface area is 99.0 Å². The Kier molecular flexibility index (Phi) is 4.22. The normalized spacial score (nSPS) is 11.4. The maximum Gasteiger partial charge on any atom is 0.240 e. The van der Waals surface area contributed by atoms with Gasteiger partial charge in [0.2, 0.25) is 10.0 Å². The summed E-state index contributed by atoms with van der Waals surface area (Å²) in [5.74, 6) is -1.44. The summed E-state index contributed by atoms with van der Waals surface area (Å²) in [7, 11) is -3.81. The van der Waals surface area contributed by atoms with E-state index in [2.05, 4.69) is 4.72 Å². The molecule has 0 heterocycles. The van der Waals surface area contributed by atoms with Crippen molar-refractivity contribution in [2.75, 3.05) is 13.2 Å². The van der Waals surface area contributed by atoms with Crippen LogP contribution in [-0.4, -0.2) is 32.6 Å². The van der Waals surface area contributed by atoms with Crippen LogP contribution in [0, 0.1) is 6.92 Å². The van der Waals surface area contributed by atoms with Gasteiger partial charge in [0.1, 0.15) is 0 Å². The largest absolute Gasteiger partial charge is 0.545 e. The smallest absolute Gasteiger partial charge is 0.240 e. The van der Waals surface area contributed by atoms with Crippen LogP contribution in [0.2, 0.25) is 0 Å². The molecule has 0 aliphatic heterocycles. The first-order valence-electron chi connectivity index (χ1n) is 4.81. The van der Waals surface area contributed by atoms with Crippen LogP contribution in [0.3, 0.4) is 0 Å². The third kappa shape index (κ3) is 3.26. The number of sulfonamides is 1. The lowest BCUT2D eigenvalue weighted by atomic mass is 10.1. The van der Waals surface area contributed by atoms with E-state index in [1.165, 1.54) is 12.1 Å². The zero-order valence-corrected chi connectivity index (χ0v) is 9.95. The number of aromatic carboxylic acids is 1. The van der Waals surface area contributed by atoms with Crippen molar-refractivity contribution in [3.8, 4) is 0 Å². The van der Waals surface area contributed by atoms with E-state index in [1.807, 2.05) is 0 Å². The quantitative estimate of drug-likeness (QED) is 0.677. The Morgan fingerprint density at radius 3 is 2.65 bits per heavy atom. The molecule has 1 aromatic rings. The molecule has 1 rings (SSSR count). The summed E-state index contributed by atoms with van der Waals surface area (Å²) < 4.78 is 25.6. The van der Waals surface area contributed by atoms with Crippen molar-refractivity contribution in [3.05, 3.63) is 29.3 Å². The van der Waals surface area contributed by atoms with E-state index >= 15 is 0 Å². The molecule has 0 radical (unpaired) electrons. The molecule has 0 unspecified atom stereocenters. The molecule has 0 aromatic heterocycles. The third-order valence-corrected chi connectivity index (χ3v) is 3.72. The molecule has 0 saturated heterocycles. The van der Waals surface area contributed by atoms with Gasteiger partial charge in [0.05, 0.1) is 17.5 Å². The lowest BCUT2D eigenvalue weighted by Crippen LogP contribution is -2.28. The molecule has 0 aliphatic carbocycles. The number of carboxylic acid groups (broad SMARTS) is 1. The second-order valence-electron chi connectivity index (χ2n) is 3.39. The average molecular weight is 258 g/mol. The highest BCUT2D eigenvalue weighted by Crippen LogP contribution is 2.16. The first kappa shape index (κ1) is 13.6. The first-order valence-corrected chi connectivity index (χ1v) is 6.29. The van der Waals surface area contributed by atoms with Gasteiger partial charge in [0.25, 0.3) is 0 Å². The number of hydrogen-bond acceptors (Lipinski definition) is 5. The van der Waals surface area contributed by atoms with E-state index in [0.717, 1.165) is 6.07 Å².